The summed E-state index contributed by atoms with van der Waals surface area (Å²) in [6, 6.07) is -0.168. The zero-order chi connectivity index (χ0) is 9.90. The normalized spacial score (nSPS) is 28.3. The molecule has 0 aromatic heterocycles. The predicted molar refractivity (Wildman–Crippen MR) is 46.8 cm³/mol. The van der Waals surface area contributed by atoms with Gasteiger partial charge in [-0.3, -0.25) is 11.3 Å². The quantitative estimate of drug-likeness (QED) is 0.398. The highest BCUT2D eigenvalue weighted by atomic mass is 19.3. The average molecular weight is 188 g/mol. The summed E-state index contributed by atoms with van der Waals surface area (Å²) >= 11 is 0. The van der Waals surface area contributed by atoms with Crippen molar-refractivity contribution in [2.24, 2.45) is 11.8 Å². The Hall–Kier alpha value is -0.660. The largest absolute Gasteiger partial charge is 0.271 e. The van der Waals surface area contributed by atoms with Crippen molar-refractivity contribution in [2.45, 2.75) is 37.6 Å². The van der Waals surface area contributed by atoms with Gasteiger partial charge in [0.1, 0.15) is 0 Å². The molecule has 0 spiro atoms. The van der Waals surface area contributed by atoms with E-state index in [0.29, 0.717) is 12.8 Å². The van der Waals surface area contributed by atoms with E-state index in [-0.39, 0.29) is 24.8 Å². The third-order valence-electron chi connectivity index (χ3n) is 2.56. The summed E-state index contributed by atoms with van der Waals surface area (Å²) in [5.41, 5.74) is 2.51. The Balaban J connectivity index is 2.49. The van der Waals surface area contributed by atoms with Crippen LogP contribution in [0.1, 0.15) is 25.7 Å². The highest BCUT2D eigenvalue weighted by Crippen LogP contribution is 2.40. The molecule has 1 aliphatic carbocycles. The monoisotopic (exact) mass is 188 g/mol. The van der Waals surface area contributed by atoms with Crippen LogP contribution in [0.15, 0.2) is 0 Å². The van der Waals surface area contributed by atoms with Gasteiger partial charge in [0, 0.05) is 25.3 Å². The van der Waals surface area contributed by atoms with E-state index in [2.05, 4.69) is 11.3 Å². The second kappa shape index (κ2) is 4.03. The van der Waals surface area contributed by atoms with Crippen LogP contribution in [0.5, 0.6) is 0 Å². The molecule has 74 valence electrons. The van der Waals surface area contributed by atoms with Crippen molar-refractivity contribution in [2.75, 3.05) is 0 Å². The van der Waals surface area contributed by atoms with E-state index in [4.69, 9.17) is 12.3 Å². The minimum atomic E-state index is -2.52. The van der Waals surface area contributed by atoms with Crippen LogP contribution in [0.25, 0.3) is 0 Å². The van der Waals surface area contributed by atoms with Gasteiger partial charge >= 0.3 is 0 Å². The van der Waals surface area contributed by atoms with Gasteiger partial charge in [-0.15, -0.1) is 12.3 Å². The van der Waals surface area contributed by atoms with Crippen LogP contribution in [0.3, 0.4) is 0 Å². The van der Waals surface area contributed by atoms with Crippen molar-refractivity contribution < 1.29 is 8.78 Å². The molecule has 2 nitrogen and oxygen atoms in total. The Kier molecular flexibility index (Phi) is 3.23. The summed E-state index contributed by atoms with van der Waals surface area (Å²) in [7, 11) is 0. The molecule has 4 heteroatoms. The lowest BCUT2D eigenvalue weighted by Crippen LogP contribution is -2.40. The maximum atomic E-state index is 12.8. The standard InChI is InChI=1S/C9H14F2N2/c1-2-3-8(13-12)7-4-5-9(10,11)6-7/h1,7-8,13H,3-6,12H2. The first-order valence-corrected chi connectivity index (χ1v) is 4.36. The summed E-state index contributed by atoms with van der Waals surface area (Å²) in [4.78, 5) is 0. The lowest BCUT2D eigenvalue weighted by Gasteiger charge is -2.20. The zero-order valence-corrected chi connectivity index (χ0v) is 7.39. The van der Waals surface area contributed by atoms with Gasteiger partial charge < -0.3 is 0 Å². The smallest absolute Gasteiger partial charge is 0.248 e. The second-order valence-corrected chi connectivity index (χ2v) is 3.54. The fourth-order valence-corrected chi connectivity index (χ4v) is 1.82. The number of hydrogen-bond donors (Lipinski definition) is 2. The highest BCUT2D eigenvalue weighted by molar-refractivity contribution is 4.95. The molecule has 0 radical (unpaired) electrons. The van der Waals surface area contributed by atoms with Crippen molar-refractivity contribution in [3.8, 4) is 12.3 Å². The number of rotatable bonds is 3. The lowest BCUT2D eigenvalue weighted by atomic mass is 9.96. The number of halogens is 2. The van der Waals surface area contributed by atoms with Crippen LogP contribution in [-0.4, -0.2) is 12.0 Å². The van der Waals surface area contributed by atoms with Crippen molar-refractivity contribution in [3.63, 3.8) is 0 Å². The fraction of sp³-hybridized carbons (Fsp3) is 0.778. The Bertz CT molecular complexity index is 210. The average Bonchev–Trinajstić information content (AvgIpc) is 2.42. The zero-order valence-electron chi connectivity index (χ0n) is 7.39. The number of terminal acetylenes is 1. The van der Waals surface area contributed by atoms with E-state index >= 15 is 0 Å². The molecule has 1 rings (SSSR count). The molecule has 1 saturated carbocycles. The molecule has 2 atom stereocenters. The fourth-order valence-electron chi connectivity index (χ4n) is 1.82. The van der Waals surface area contributed by atoms with Crippen molar-refractivity contribution >= 4 is 0 Å². The third kappa shape index (κ3) is 2.64. The van der Waals surface area contributed by atoms with Gasteiger partial charge in [-0.1, -0.05) is 0 Å². The first-order chi connectivity index (χ1) is 6.09. The summed E-state index contributed by atoms with van der Waals surface area (Å²) in [6.07, 6.45) is 5.89. The molecule has 0 heterocycles. The van der Waals surface area contributed by atoms with E-state index in [1.54, 1.807) is 0 Å². The molecular weight excluding hydrogens is 174 g/mol. The van der Waals surface area contributed by atoms with Crippen molar-refractivity contribution in [3.05, 3.63) is 0 Å². The van der Waals surface area contributed by atoms with E-state index in [1.165, 1.54) is 0 Å². The van der Waals surface area contributed by atoms with Crippen LogP contribution < -0.4 is 11.3 Å². The molecular formula is C9H14F2N2. The summed E-state index contributed by atoms with van der Waals surface area (Å²) < 4.78 is 25.6. The van der Waals surface area contributed by atoms with Gasteiger partial charge in [0.15, 0.2) is 0 Å². The van der Waals surface area contributed by atoms with E-state index in [1.807, 2.05) is 0 Å². The van der Waals surface area contributed by atoms with Gasteiger partial charge in [0.2, 0.25) is 5.92 Å². The Morgan fingerprint density at radius 2 is 2.38 bits per heavy atom. The van der Waals surface area contributed by atoms with Gasteiger partial charge in [-0.25, -0.2) is 8.78 Å². The Morgan fingerprint density at radius 1 is 1.69 bits per heavy atom. The van der Waals surface area contributed by atoms with E-state index in [9.17, 15) is 8.78 Å². The van der Waals surface area contributed by atoms with Crippen LogP contribution in [-0.2, 0) is 0 Å². The molecule has 0 aromatic rings. The van der Waals surface area contributed by atoms with E-state index in [0.717, 1.165) is 0 Å². The van der Waals surface area contributed by atoms with Crippen molar-refractivity contribution in [1.82, 2.24) is 5.43 Å². The predicted octanol–water partition coefficient (Wildman–Crippen LogP) is 1.28. The Labute approximate surface area is 76.8 Å². The molecule has 13 heavy (non-hydrogen) atoms. The Morgan fingerprint density at radius 3 is 2.77 bits per heavy atom. The van der Waals surface area contributed by atoms with Crippen LogP contribution >= 0.6 is 0 Å². The minimum absolute atomic E-state index is 0.0413. The van der Waals surface area contributed by atoms with Gasteiger partial charge in [-0.05, 0) is 12.3 Å². The molecule has 0 aromatic carbocycles. The first kappa shape index (κ1) is 10.4. The minimum Gasteiger partial charge on any atom is -0.271 e. The number of alkyl halides is 2. The molecule has 0 saturated heterocycles. The summed E-state index contributed by atoms with van der Waals surface area (Å²) in [6.45, 7) is 0. The van der Waals surface area contributed by atoms with Crippen LogP contribution in [0.4, 0.5) is 8.78 Å². The molecule has 0 amide bonds. The third-order valence-corrected chi connectivity index (χ3v) is 2.56. The van der Waals surface area contributed by atoms with Crippen molar-refractivity contribution in [1.29, 1.82) is 0 Å². The first-order valence-electron chi connectivity index (χ1n) is 4.36. The lowest BCUT2D eigenvalue weighted by molar-refractivity contribution is 0.00339. The SMILES string of the molecule is C#CCC(NN)C1CCC(F)(F)C1. The maximum Gasteiger partial charge on any atom is 0.248 e. The van der Waals surface area contributed by atoms with Crippen LogP contribution in [0, 0.1) is 18.3 Å². The molecule has 0 bridgehead atoms. The molecule has 1 aliphatic rings. The number of nitrogens with one attached hydrogen (secondary N) is 1. The number of hydrazine groups is 1. The van der Waals surface area contributed by atoms with Crippen LogP contribution in [0.2, 0.25) is 0 Å². The maximum absolute atomic E-state index is 12.8. The molecule has 3 N–H and O–H groups in total. The number of hydrogen-bond acceptors (Lipinski definition) is 2. The summed E-state index contributed by atoms with van der Waals surface area (Å²) in [5.74, 6) is 5.07. The van der Waals surface area contributed by atoms with E-state index < -0.39 is 5.92 Å². The molecule has 1 fully saturated rings. The summed E-state index contributed by atoms with van der Waals surface area (Å²) in [5, 5.41) is 0. The van der Waals surface area contributed by atoms with Gasteiger partial charge in [0.25, 0.3) is 0 Å². The number of nitrogens with two attached hydrogens (primary N) is 1. The highest BCUT2D eigenvalue weighted by Gasteiger charge is 2.41. The molecule has 2 unspecified atom stereocenters. The topological polar surface area (TPSA) is 38.0 Å². The second-order valence-electron chi connectivity index (χ2n) is 3.54. The van der Waals surface area contributed by atoms with Gasteiger partial charge in [-0.2, -0.15) is 0 Å². The molecule has 0 aliphatic heterocycles. The van der Waals surface area contributed by atoms with Gasteiger partial charge in [0.05, 0.1) is 0 Å².